The average Bonchev–Trinajstić information content (AvgIpc) is 2.66. The molecule has 0 fully saturated rings. The van der Waals surface area contributed by atoms with Crippen LogP contribution in [0.2, 0.25) is 0 Å². The largest absolute Gasteiger partial charge is 0.497 e. The van der Waals surface area contributed by atoms with Gasteiger partial charge in [0.05, 0.1) is 18.0 Å². The number of fused-ring (bicyclic) bond motifs is 1. The van der Waals surface area contributed by atoms with E-state index in [0.717, 1.165) is 35.5 Å². The number of benzene rings is 2. The molecular formula is C21H24N2O2. The van der Waals surface area contributed by atoms with Crippen molar-refractivity contribution < 1.29 is 4.74 Å². The van der Waals surface area contributed by atoms with Gasteiger partial charge in [-0.1, -0.05) is 38.3 Å². The lowest BCUT2D eigenvalue weighted by Gasteiger charge is -2.14. The molecule has 4 nitrogen and oxygen atoms in total. The zero-order valence-electron chi connectivity index (χ0n) is 14.9. The van der Waals surface area contributed by atoms with E-state index in [4.69, 9.17) is 9.72 Å². The summed E-state index contributed by atoms with van der Waals surface area (Å²) in [5.74, 6) is 1.52. The fraction of sp³-hybridized carbons (Fsp3) is 0.333. The van der Waals surface area contributed by atoms with E-state index < -0.39 is 0 Å². The van der Waals surface area contributed by atoms with Gasteiger partial charge in [0.25, 0.3) is 5.56 Å². The monoisotopic (exact) mass is 336 g/mol. The van der Waals surface area contributed by atoms with Crippen molar-refractivity contribution in [1.82, 2.24) is 9.55 Å². The van der Waals surface area contributed by atoms with Crippen LogP contribution >= 0.6 is 0 Å². The summed E-state index contributed by atoms with van der Waals surface area (Å²) in [4.78, 5) is 17.8. The number of ether oxygens (including phenoxy) is 1. The van der Waals surface area contributed by atoms with Crippen LogP contribution in [0.5, 0.6) is 5.75 Å². The van der Waals surface area contributed by atoms with Crippen molar-refractivity contribution in [1.29, 1.82) is 0 Å². The minimum Gasteiger partial charge on any atom is -0.497 e. The molecule has 0 aliphatic rings. The van der Waals surface area contributed by atoms with E-state index in [2.05, 4.69) is 6.92 Å². The quantitative estimate of drug-likeness (QED) is 0.590. The summed E-state index contributed by atoms with van der Waals surface area (Å²) in [6, 6.07) is 15.3. The molecule has 0 aliphatic heterocycles. The smallest absolute Gasteiger partial charge is 0.261 e. The van der Waals surface area contributed by atoms with Crippen molar-refractivity contribution in [2.24, 2.45) is 0 Å². The molecule has 1 aromatic heterocycles. The Bertz CT molecular complexity index is 898. The second-order valence-electron chi connectivity index (χ2n) is 6.20. The number of aromatic nitrogens is 2. The van der Waals surface area contributed by atoms with E-state index in [1.807, 2.05) is 53.1 Å². The normalized spacial score (nSPS) is 11.0. The van der Waals surface area contributed by atoms with Crippen LogP contribution in [0.4, 0.5) is 0 Å². The highest BCUT2D eigenvalue weighted by Crippen LogP contribution is 2.22. The fourth-order valence-electron chi connectivity index (χ4n) is 3.03. The van der Waals surface area contributed by atoms with Gasteiger partial charge in [-0.05, 0) is 42.8 Å². The Balaban J connectivity index is 2.08. The molecule has 1 heterocycles. The van der Waals surface area contributed by atoms with Crippen LogP contribution < -0.4 is 10.3 Å². The highest BCUT2D eigenvalue weighted by molar-refractivity contribution is 5.79. The third-order valence-corrected chi connectivity index (χ3v) is 4.45. The van der Waals surface area contributed by atoms with Crippen LogP contribution in [0.25, 0.3) is 22.3 Å². The molecule has 0 amide bonds. The minimum absolute atomic E-state index is 0.0351. The number of methoxy groups -OCH3 is 1. The lowest BCUT2D eigenvalue weighted by Crippen LogP contribution is -2.23. The standard InChI is InChI=1S/C21H24N2O2/c1-3-4-5-8-15-23-20(16-11-13-17(25-2)14-12-16)22-19-10-7-6-9-18(19)21(23)24/h6-7,9-14H,3-5,8,15H2,1-2H3. The SMILES string of the molecule is CCCCCCn1c(-c2ccc(OC)cc2)nc2ccccc2c1=O. The van der Waals surface area contributed by atoms with E-state index in [1.54, 1.807) is 7.11 Å². The van der Waals surface area contributed by atoms with E-state index >= 15 is 0 Å². The highest BCUT2D eigenvalue weighted by atomic mass is 16.5. The number of para-hydroxylation sites is 1. The first kappa shape index (κ1) is 17.2. The predicted molar refractivity (Wildman–Crippen MR) is 102 cm³/mol. The summed E-state index contributed by atoms with van der Waals surface area (Å²) < 4.78 is 7.05. The molecule has 0 radical (unpaired) electrons. The van der Waals surface area contributed by atoms with Crippen LogP contribution in [0, 0.1) is 0 Å². The van der Waals surface area contributed by atoms with Gasteiger partial charge in [-0.3, -0.25) is 9.36 Å². The molecule has 4 heteroatoms. The molecular weight excluding hydrogens is 312 g/mol. The van der Waals surface area contributed by atoms with Crippen molar-refractivity contribution in [3.63, 3.8) is 0 Å². The molecule has 3 rings (SSSR count). The maximum atomic E-state index is 13.0. The maximum Gasteiger partial charge on any atom is 0.261 e. The van der Waals surface area contributed by atoms with Crippen LogP contribution in [0.3, 0.4) is 0 Å². The van der Waals surface area contributed by atoms with Gasteiger partial charge in [0.2, 0.25) is 0 Å². The molecule has 0 bridgehead atoms. The molecule has 0 saturated heterocycles. The van der Waals surface area contributed by atoms with E-state index in [9.17, 15) is 4.79 Å². The van der Waals surface area contributed by atoms with E-state index in [1.165, 1.54) is 12.8 Å². The topological polar surface area (TPSA) is 44.1 Å². The van der Waals surface area contributed by atoms with Crippen LogP contribution in [-0.2, 0) is 6.54 Å². The van der Waals surface area contributed by atoms with E-state index in [-0.39, 0.29) is 5.56 Å². The van der Waals surface area contributed by atoms with Gasteiger partial charge >= 0.3 is 0 Å². The van der Waals surface area contributed by atoms with Crippen molar-refractivity contribution >= 4 is 10.9 Å². The highest BCUT2D eigenvalue weighted by Gasteiger charge is 2.12. The van der Waals surface area contributed by atoms with Gasteiger partial charge in [-0.2, -0.15) is 0 Å². The molecule has 0 aliphatic carbocycles. The Morgan fingerprint density at radius 2 is 1.76 bits per heavy atom. The maximum absolute atomic E-state index is 13.0. The Kier molecular flexibility index (Phi) is 5.49. The fourth-order valence-corrected chi connectivity index (χ4v) is 3.03. The summed E-state index contributed by atoms with van der Waals surface area (Å²) in [5.41, 5.74) is 1.70. The average molecular weight is 336 g/mol. The zero-order chi connectivity index (χ0) is 17.6. The van der Waals surface area contributed by atoms with Crippen molar-refractivity contribution in [3.05, 3.63) is 58.9 Å². The first-order valence-corrected chi connectivity index (χ1v) is 8.88. The van der Waals surface area contributed by atoms with Crippen LogP contribution in [0.15, 0.2) is 53.3 Å². The molecule has 0 N–H and O–H groups in total. The van der Waals surface area contributed by atoms with Crippen LogP contribution in [-0.4, -0.2) is 16.7 Å². The van der Waals surface area contributed by atoms with Crippen LogP contribution in [0.1, 0.15) is 32.6 Å². The second-order valence-corrected chi connectivity index (χ2v) is 6.20. The Labute approximate surface area is 148 Å². The Morgan fingerprint density at radius 1 is 1.00 bits per heavy atom. The number of hydrogen-bond acceptors (Lipinski definition) is 3. The molecule has 0 spiro atoms. The molecule has 0 saturated carbocycles. The van der Waals surface area contributed by atoms with Gasteiger partial charge < -0.3 is 4.74 Å². The number of nitrogens with zero attached hydrogens (tertiary/aromatic N) is 2. The predicted octanol–water partition coefficient (Wildman–Crippen LogP) is 4.65. The molecule has 25 heavy (non-hydrogen) atoms. The Morgan fingerprint density at radius 3 is 2.48 bits per heavy atom. The minimum atomic E-state index is 0.0351. The van der Waals surface area contributed by atoms with E-state index in [0.29, 0.717) is 11.9 Å². The molecule has 2 aromatic carbocycles. The molecule has 3 aromatic rings. The summed E-state index contributed by atoms with van der Waals surface area (Å²) >= 11 is 0. The van der Waals surface area contributed by atoms with Gasteiger partial charge in [-0.25, -0.2) is 4.98 Å². The lowest BCUT2D eigenvalue weighted by molar-refractivity contribution is 0.415. The second kappa shape index (κ2) is 7.97. The Hall–Kier alpha value is -2.62. The van der Waals surface area contributed by atoms with Gasteiger partial charge in [0.1, 0.15) is 11.6 Å². The molecule has 0 atom stereocenters. The van der Waals surface area contributed by atoms with Gasteiger partial charge in [-0.15, -0.1) is 0 Å². The number of hydrogen-bond donors (Lipinski definition) is 0. The summed E-state index contributed by atoms with van der Waals surface area (Å²) in [6.07, 6.45) is 4.47. The van der Waals surface area contributed by atoms with Gasteiger partial charge in [0, 0.05) is 12.1 Å². The lowest BCUT2D eigenvalue weighted by atomic mass is 10.1. The number of unbranched alkanes of at least 4 members (excludes halogenated alkanes) is 3. The number of rotatable bonds is 7. The molecule has 0 unspecified atom stereocenters. The summed E-state index contributed by atoms with van der Waals surface area (Å²) in [6.45, 7) is 2.88. The first-order valence-electron chi connectivity index (χ1n) is 8.88. The van der Waals surface area contributed by atoms with Crippen molar-refractivity contribution in [2.45, 2.75) is 39.2 Å². The third-order valence-electron chi connectivity index (χ3n) is 4.45. The zero-order valence-corrected chi connectivity index (χ0v) is 14.9. The van der Waals surface area contributed by atoms with Crippen molar-refractivity contribution in [2.75, 3.05) is 7.11 Å². The van der Waals surface area contributed by atoms with Gasteiger partial charge in [0.15, 0.2) is 0 Å². The first-order chi connectivity index (χ1) is 12.2. The van der Waals surface area contributed by atoms with Crippen molar-refractivity contribution in [3.8, 4) is 17.1 Å². The third kappa shape index (κ3) is 3.73. The molecule has 130 valence electrons. The summed E-state index contributed by atoms with van der Waals surface area (Å²) in [5, 5.41) is 0.676. The summed E-state index contributed by atoms with van der Waals surface area (Å²) in [7, 11) is 1.65.